The molecule has 1 aromatic carbocycles. The number of para-hydroxylation sites is 1. The minimum atomic E-state index is 0.217. The molecule has 84 valence electrons. The Labute approximate surface area is 91.5 Å². The molecule has 0 heterocycles. The predicted molar refractivity (Wildman–Crippen MR) is 63.9 cm³/mol. The first-order valence-electron chi connectivity index (χ1n) is 5.29. The van der Waals surface area contributed by atoms with Crippen molar-refractivity contribution in [3.05, 3.63) is 29.8 Å². The monoisotopic (exact) mass is 208 g/mol. The van der Waals surface area contributed by atoms with E-state index < -0.39 is 0 Å². The molecule has 3 N–H and O–H groups in total. The van der Waals surface area contributed by atoms with Crippen LogP contribution in [0.15, 0.2) is 24.3 Å². The fraction of sp³-hybridized carbons (Fsp3) is 0.500. The maximum absolute atomic E-state index is 9.01. The summed E-state index contributed by atoms with van der Waals surface area (Å²) in [5.74, 6) is 0.279. The Morgan fingerprint density at radius 1 is 1.40 bits per heavy atom. The van der Waals surface area contributed by atoms with Crippen molar-refractivity contribution in [3.8, 4) is 0 Å². The predicted octanol–water partition coefficient (Wildman–Crippen LogP) is 1.21. The van der Waals surface area contributed by atoms with Crippen molar-refractivity contribution in [2.75, 3.05) is 25.1 Å². The molecular formula is C12H20N2O. The van der Waals surface area contributed by atoms with Crippen molar-refractivity contribution < 1.29 is 5.11 Å². The van der Waals surface area contributed by atoms with Gasteiger partial charge in [-0.2, -0.15) is 0 Å². The summed E-state index contributed by atoms with van der Waals surface area (Å²) < 4.78 is 0. The molecule has 1 unspecified atom stereocenters. The number of nitrogens with two attached hydrogens (primary N) is 1. The summed E-state index contributed by atoms with van der Waals surface area (Å²) in [4.78, 5) is 2.14. The molecule has 0 spiro atoms. The van der Waals surface area contributed by atoms with Crippen LogP contribution in [0.3, 0.4) is 0 Å². The van der Waals surface area contributed by atoms with Gasteiger partial charge in [0.05, 0.1) is 0 Å². The summed E-state index contributed by atoms with van der Waals surface area (Å²) in [7, 11) is 2.03. The van der Waals surface area contributed by atoms with Gasteiger partial charge in [0.25, 0.3) is 0 Å². The third-order valence-electron chi connectivity index (χ3n) is 2.52. The molecule has 0 aliphatic heterocycles. The minimum absolute atomic E-state index is 0.217. The lowest BCUT2D eigenvalue weighted by atomic mass is 10.1. The molecule has 0 saturated carbocycles. The highest BCUT2D eigenvalue weighted by atomic mass is 16.3. The number of anilines is 1. The second-order valence-electron chi connectivity index (χ2n) is 4.00. The normalized spacial score (nSPS) is 12.5. The van der Waals surface area contributed by atoms with Gasteiger partial charge in [0.15, 0.2) is 0 Å². The van der Waals surface area contributed by atoms with Gasteiger partial charge in [0.2, 0.25) is 0 Å². The lowest BCUT2D eigenvalue weighted by Crippen LogP contribution is -2.26. The van der Waals surface area contributed by atoms with E-state index in [2.05, 4.69) is 11.0 Å². The number of nitrogens with zero attached hydrogens (tertiary/aromatic N) is 1. The molecule has 0 radical (unpaired) electrons. The summed E-state index contributed by atoms with van der Waals surface area (Å²) in [6.45, 7) is 3.64. The highest BCUT2D eigenvalue weighted by molar-refractivity contribution is 5.52. The number of aliphatic hydroxyl groups is 1. The van der Waals surface area contributed by atoms with Crippen molar-refractivity contribution in [1.82, 2.24) is 0 Å². The molecule has 0 aliphatic carbocycles. The van der Waals surface area contributed by atoms with Crippen LogP contribution in [0.1, 0.15) is 12.5 Å². The topological polar surface area (TPSA) is 49.5 Å². The van der Waals surface area contributed by atoms with Crippen LogP contribution >= 0.6 is 0 Å². The number of benzene rings is 1. The van der Waals surface area contributed by atoms with Crippen LogP contribution in [-0.2, 0) is 6.54 Å². The van der Waals surface area contributed by atoms with Crippen LogP contribution < -0.4 is 10.6 Å². The Balaban J connectivity index is 2.76. The maximum atomic E-state index is 9.01. The largest absolute Gasteiger partial charge is 0.396 e. The second-order valence-corrected chi connectivity index (χ2v) is 4.00. The van der Waals surface area contributed by atoms with Crippen LogP contribution in [-0.4, -0.2) is 25.3 Å². The first-order chi connectivity index (χ1) is 7.19. The van der Waals surface area contributed by atoms with Crippen LogP contribution in [0.4, 0.5) is 5.69 Å². The Kier molecular flexibility index (Phi) is 4.59. The van der Waals surface area contributed by atoms with Crippen LogP contribution in [0.25, 0.3) is 0 Å². The summed E-state index contributed by atoms with van der Waals surface area (Å²) in [6.07, 6.45) is 0. The third kappa shape index (κ3) is 3.22. The van der Waals surface area contributed by atoms with Crippen molar-refractivity contribution in [2.24, 2.45) is 11.7 Å². The van der Waals surface area contributed by atoms with Gasteiger partial charge in [-0.05, 0) is 17.5 Å². The van der Waals surface area contributed by atoms with Crippen molar-refractivity contribution in [1.29, 1.82) is 0 Å². The quantitative estimate of drug-likeness (QED) is 0.764. The Morgan fingerprint density at radius 2 is 2.07 bits per heavy atom. The number of rotatable bonds is 5. The van der Waals surface area contributed by atoms with E-state index >= 15 is 0 Å². The zero-order valence-electron chi connectivity index (χ0n) is 9.48. The number of aliphatic hydroxyl groups excluding tert-OH is 1. The van der Waals surface area contributed by atoms with Gasteiger partial charge in [-0.25, -0.2) is 0 Å². The Bertz CT molecular complexity index is 301. The van der Waals surface area contributed by atoms with Crippen molar-refractivity contribution in [3.63, 3.8) is 0 Å². The fourth-order valence-electron chi connectivity index (χ4n) is 1.68. The minimum Gasteiger partial charge on any atom is -0.396 e. The first kappa shape index (κ1) is 12.0. The molecule has 3 nitrogen and oxygen atoms in total. The fourth-order valence-corrected chi connectivity index (χ4v) is 1.68. The van der Waals surface area contributed by atoms with E-state index in [-0.39, 0.29) is 12.5 Å². The highest BCUT2D eigenvalue weighted by Crippen LogP contribution is 2.19. The van der Waals surface area contributed by atoms with Crippen molar-refractivity contribution >= 4 is 5.69 Å². The molecule has 0 bridgehead atoms. The van der Waals surface area contributed by atoms with Crippen LogP contribution in [0, 0.1) is 5.92 Å². The molecule has 1 rings (SSSR count). The van der Waals surface area contributed by atoms with Gasteiger partial charge in [-0.15, -0.1) is 0 Å². The van der Waals surface area contributed by atoms with E-state index in [4.69, 9.17) is 10.8 Å². The molecular weight excluding hydrogens is 188 g/mol. The summed E-state index contributed by atoms with van der Waals surface area (Å²) in [5, 5.41) is 9.01. The first-order valence-corrected chi connectivity index (χ1v) is 5.29. The lowest BCUT2D eigenvalue weighted by molar-refractivity contribution is 0.240. The molecule has 3 heteroatoms. The van der Waals surface area contributed by atoms with Crippen LogP contribution in [0.2, 0.25) is 0 Å². The standard InChI is InChI=1S/C12H20N2O/c1-10(9-15)8-14(2)12-6-4-3-5-11(12)7-13/h3-6,10,15H,7-9,13H2,1-2H3. The van der Waals surface area contributed by atoms with E-state index in [1.54, 1.807) is 0 Å². The number of hydrogen-bond donors (Lipinski definition) is 2. The Morgan fingerprint density at radius 3 is 2.67 bits per heavy atom. The third-order valence-corrected chi connectivity index (χ3v) is 2.52. The maximum Gasteiger partial charge on any atom is 0.0473 e. The smallest absolute Gasteiger partial charge is 0.0473 e. The Hall–Kier alpha value is -1.06. The molecule has 0 fully saturated rings. The van der Waals surface area contributed by atoms with Gasteiger partial charge in [0, 0.05) is 32.4 Å². The van der Waals surface area contributed by atoms with E-state index in [0.717, 1.165) is 17.8 Å². The molecule has 0 aliphatic rings. The summed E-state index contributed by atoms with van der Waals surface area (Å²) >= 11 is 0. The van der Waals surface area contributed by atoms with E-state index in [9.17, 15) is 0 Å². The molecule has 0 saturated heterocycles. The van der Waals surface area contributed by atoms with E-state index in [1.807, 2.05) is 32.2 Å². The van der Waals surface area contributed by atoms with Gasteiger partial charge >= 0.3 is 0 Å². The van der Waals surface area contributed by atoms with Crippen LogP contribution in [0.5, 0.6) is 0 Å². The van der Waals surface area contributed by atoms with Gasteiger partial charge in [-0.1, -0.05) is 25.1 Å². The summed E-state index contributed by atoms with van der Waals surface area (Å²) in [6, 6.07) is 8.10. The SMILES string of the molecule is CC(CO)CN(C)c1ccccc1CN. The molecule has 0 amide bonds. The van der Waals surface area contributed by atoms with Crippen molar-refractivity contribution in [2.45, 2.75) is 13.5 Å². The zero-order valence-corrected chi connectivity index (χ0v) is 9.48. The second kappa shape index (κ2) is 5.73. The van der Waals surface area contributed by atoms with E-state index in [1.165, 1.54) is 0 Å². The van der Waals surface area contributed by atoms with Gasteiger partial charge in [-0.3, -0.25) is 0 Å². The van der Waals surface area contributed by atoms with Gasteiger partial charge in [0.1, 0.15) is 0 Å². The average Bonchev–Trinajstić information content (AvgIpc) is 2.28. The lowest BCUT2D eigenvalue weighted by Gasteiger charge is -2.24. The molecule has 15 heavy (non-hydrogen) atoms. The summed E-state index contributed by atoms with van der Waals surface area (Å²) in [5.41, 5.74) is 7.97. The number of hydrogen-bond acceptors (Lipinski definition) is 3. The van der Waals surface area contributed by atoms with Gasteiger partial charge < -0.3 is 15.7 Å². The molecule has 1 atom stereocenters. The van der Waals surface area contributed by atoms with E-state index in [0.29, 0.717) is 6.54 Å². The molecule has 0 aromatic heterocycles. The zero-order chi connectivity index (χ0) is 11.3. The highest BCUT2D eigenvalue weighted by Gasteiger charge is 2.08. The average molecular weight is 208 g/mol. The molecule has 1 aromatic rings.